The molecule has 3 N–H and O–H groups in total. The van der Waals surface area contributed by atoms with Gasteiger partial charge in [0.25, 0.3) is 0 Å². The van der Waals surface area contributed by atoms with E-state index in [-0.39, 0.29) is 0 Å². The zero-order valence-corrected chi connectivity index (χ0v) is 17.5. The molecule has 0 aromatic heterocycles. The lowest BCUT2D eigenvalue weighted by Gasteiger charge is -2.30. The number of benzene rings is 2. The molecule has 2 aliphatic heterocycles. The van der Waals surface area contributed by atoms with Crippen molar-refractivity contribution in [1.82, 2.24) is 0 Å². The van der Waals surface area contributed by atoms with Crippen LogP contribution >= 0.6 is 11.6 Å². The maximum atomic E-state index is 10.4. The number of halogens is 1. The smallest absolute Gasteiger partial charge is 0.231 e. The van der Waals surface area contributed by atoms with Gasteiger partial charge in [-0.1, -0.05) is 11.6 Å². The van der Waals surface area contributed by atoms with Crippen LogP contribution in [0.15, 0.2) is 36.4 Å². The number of nitrogens with one attached hydrogen (secondary N) is 2. The highest BCUT2D eigenvalue weighted by Gasteiger charge is 2.26. The third-order valence-electron chi connectivity index (χ3n) is 5.65. The predicted octanol–water partition coefficient (Wildman–Crippen LogP) is 0.100. The molecule has 2 aromatic carbocycles. The normalized spacial score (nSPS) is 21.8. The van der Waals surface area contributed by atoms with Gasteiger partial charge >= 0.3 is 0 Å². The van der Waals surface area contributed by atoms with Gasteiger partial charge in [-0.15, -0.1) is 0 Å². The van der Waals surface area contributed by atoms with E-state index in [0.29, 0.717) is 19.9 Å². The Hall–Kier alpha value is -1.99. The van der Waals surface area contributed by atoms with E-state index in [2.05, 4.69) is 12.1 Å². The van der Waals surface area contributed by atoms with Gasteiger partial charge in [0.15, 0.2) is 11.5 Å². The summed E-state index contributed by atoms with van der Waals surface area (Å²) in [6, 6.07) is 11.8. The van der Waals surface area contributed by atoms with E-state index in [4.69, 9.17) is 25.8 Å². The average molecular weight is 421 g/mol. The highest BCUT2D eigenvalue weighted by Crippen LogP contribution is 2.32. The predicted molar refractivity (Wildman–Crippen MR) is 110 cm³/mol. The Balaban J connectivity index is 1.19. The van der Waals surface area contributed by atoms with Gasteiger partial charge < -0.3 is 29.1 Å². The van der Waals surface area contributed by atoms with Crippen molar-refractivity contribution in [3.8, 4) is 17.2 Å². The molecule has 29 heavy (non-hydrogen) atoms. The molecule has 0 unspecified atom stereocenters. The molecule has 1 saturated heterocycles. The third kappa shape index (κ3) is 5.34. The molecule has 0 spiro atoms. The molecule has 156 valence electrons. The number of aryl methyl sites for hydroxylation is 1. The zero-order chi connectivity index (χ0) is 20.2. The quantitative estimate of drug-likeness (QED) is 0.594. The minimum absolute atomic E-state index is 0.304. The monoisotopic (exact) mass is 420 g/mol. The molecular formula is C22H29ClN2O4+2. The minimum atomic E-state index is -0.476. The van der Waals surface area contributed by atoms with Crippen molar-refractivity contribution in [3.05, 3.63) is 52.5 Å². The molecule has 2 aromatic rings. The topological polar surface area (TPSA) is 56.8 Å². The Morgan fingerprint density at radius 3 is 2.59 bits per heavy atom. The first-order chi connectivity index (χ1) is 14.1. The molecule has 7 heteroatoms. The van der Waals surface area contributed by atoms with Crippen molar-refractivity contribution in [1.29, 1.82) is 0 Å². The number of ether oxygens (including phenoxy) is 3. The van der Waals surface area contributed by atoms with Crippen LogP contribution in [0.3, 0.4) is 0 Å². The number of piperazine rings is 1. The Labute approximate surface area is 176 Å². The van der Waals surface area contributed by atoms with Gasteiger partial charge in [-0.25, -0.2) is 0 Å². The van der Waals surface area contributed by atoms with Crippen LogP contribution in [0.5, 0.6) is 17.2 Å². The lowest BCUT2D eigenvalue weighted by Crippen LogP contribution is -3.28. The average Bonchev–Trinajstić information content (AvgIpc) is 3.18. The van der Waals surface area contributed by atoms with Gasteiger partial charge in [-0.3, -0.25) is 0 Å². The summed E-state index contributed by atoms with van der Waals surface area (Å²) in [6.45, 7) is 8.56. The molecule has 0 radical (unpaired) electrons. The lowest BCUT2D eigenvalue weighted by molar-refractivity contribution is -1.02. The molecule has 0 saturated carbocycles. The van der Waals surface area contributed by atoms with Gasteiger partial charge in [0.05, 0.1) is 0 Å². The van der Waals surface area contributed by atoms with Gasteiger partial charge in [-0.05, 0) is 48.9 Å². The molecule has 1 fully saturated rings. The number of aliphatic hydroxyl groups is 1. The van der Waals surface area contributed by atoms with E-state index in [1.807, 2.05) is 31.2 Å². The van der Waals surface area contributed by atoms with E-state index in [9.17, 15) is 5.11 Å². The molecule has 1 atom stereocenters. The second-order valence-corrected chi connectivity index (χ2v) is 8.35. The highest BCUT2D eigenvalue weighted by atomic mass is 35.5. The summed E-state index contributed by atoms with van der Waals surface area (Å²) in [5, 5.41) is 11.1. The van der Waals surface area contributed by atoms with Crippen LogP contribution in [-0.4, -0.2) is 57.3 Å². The minimum Gasteiger partial charge on any atom is -0.491 e. The van der Waals surface area contributed by atoms with Crippen LogP contribution < -0.4 is 24.0 Å². The van der Waals surface area contributed by atoms with E-state index in [1.165, 1.54) is 10.5 Å². The summed E-state index contributed by atoms with van der Waals surface area (Å²) in [5.41, 5.74) is 2.25. The number of hydrogen-bond acceptors (Lipinski definition) is 4. The molecule has 6 nitrogen and oxygen atoms in total. The van der Waals surface area contributed by atoms with Crippen molar-refractivity contribution in [2.75, 3.05) is 46.1 Å². The fraction of sp³-hybridized carbons (Fsp3) is 0.455. The number of hydrogen-bond donors (Lipinski definition) is 3. The first-order valence-electron chi connectivity index (χ1n) is 10.2. The zero-order valence-electron chi connectivity index (χ0n) is 16.7. The lowest BCUT2D eigenvalue weighted by atomic mass is 10.1. The van der Waals surface area contributed by atoms with Crippen LogP contribution in [0, 0.1) is 6.92 Å². The van der Waals surface area contributed by atoms with Crippen molar-refractivity contribution in [3.63, 3.8) is 0 Å². The summed E-state index contributed by atoms with van der Waals surface area (Å²) < 4.78 is 16.6. The highest BCUT2D eigenvalue weighted by molar-refractivity contribution is 6.31. The van der Waals surface area contributed by atoms with E-state index in [1.54, 1.807) is 4.90 Å². The molecule has 4 rings (SSSR count). The molecular weight excluding hydrogens is 392 g/mol. The van der Waals surface area contributed by atoms with Crippen LogP contribution in [0.4, 0.5) is 0 Å². The van der Waals surface area contributed by atoms with E-state index in [0.717, 1.165) is 60.6 Å². The fourth-order valence-corrected chi connectivity index (χ4v) is 4.09. The van der Waals surface area contributed by atoms with Gasteiger partial charge in [0.2, 0.25) is 6.79 Å². The Morgan fingerprint density at radius 1 is 1.03 bits per heavy atom. The van der Waals surface area contributed by atoms with Crippen LogP contribution in [0.1, 0.15) is 11.1 Å². The maximum absolute atomic E-state index is 10.4. The van der Waals surface area contributed by atoms with Crippen molar-refractivity contribution < 1.29 is 29.1 Å². The molecule has 2 aliphatic rings. The first-order valence-corrected chi connectivity index (χ1v) is 10.6. The number of rotatable bonds is 7. The number of aliphatic hydroxyl groups excluding tert-OH is 1. The standard InChI is InChI=1S/C22H27ClN2O4/c1-16-10-19(3-4-20(16)23)27-14-18(26)13-25-8-6-24(7-9-25)12-17-2-5-21-22(11-17)29-15-28-21/h2-5,10-11,18,26H,6-9,12-15H2,1H3/p+2/t18-/m0/s1. The summed E-state index contributed by atoms with van der Waals surface area (Å²) in [4.78, 5) is 3.00. The molecule has 2 heterocycles. The number of quaternary nitrogens is 2. The Kier molecular flexibility index (Phi) is 6.45. The Bertz CT molecular complexity index is 840. The second-order valence-electron chi connectivity index (χ2n) is 7.94. The number of fused-ring (bicyclic) bond motifs is 1. The molecule has 0 amide bonds. The van der Waals surface area contributed by atoms with Gasteiger partial charge in [0, 0.05) is 10.6 Å². The van der Waals surface area contributed by atoms with Crippen LogP contribution in [0.2, 0.25) is 5.02 Å². The third-order valence-corrected chi connectivity index (χ3v) is 6.08. The SMILES string of the molecule is Cc1cc(OC[C@@H](O)C[NH+]2CC[NH+](Cc3ccc4c(c3)OCO4)CC2)ccc1Cl. The van der Waals surface area contributed by atoms with Crippen molar-refractivity contribution >= 4 is 11.6 Å². The molecule has 0 aliphatic carbocycles. The van der Waals surface area contributed by atoms with Crippen LogP contribution in [-0.2, 0) is 6.54 Å². The van der Waals surface area contributed by atoms with E-state index < -0.39 is 6.10 Å². The summed E-state index contributed by atoms with van der Waals surface area (Å²) >= 11 is 6.04. The summed E-state index contributed by atoms with van der Waals surface area (Å²) in [5.74, 6) is 2.44. The Morgan fingerprint density at radius 2 is 1.79 bits per heavy atom. The van der Waals surface area contributed by atoms with Crippen LogP contribution in [0.25, 0.3) is 0 Å². The first kappa shape index (κ1) is 20.3. The van der Waals surface area contributed by atoms with Gasteiger partial charge in [-0.2, -0.15) is 0 Å². The summed E-state index contributed by atoms with van der Waals surface area (Å²) in [7, 11) is 0. The second kappa shape index (κ2) is 9.22. The molecule has 0 bridgehead atoms. The van der Waals surface area contributed by atoms with Crippen molar-refractivity contribution in [2.24, 2.45) is 0 Å². The van der Waals surface area contributed by atoms with Gasteiger partial charge in [0.1, 0.15) is 57.7 Å². The summed E-state index contributed by atoms with van der Waals surface area (Å²) in [6.07, 6.45) is -0.476. The maximum Gasteiger partial charge on any atom is 0.231 e. The van der Waals surface area contributed by atoms with E-state index >= 15 is 0 Å². The largest absolute Gasteiger partial charge is 0.491 e. The fourth-order valence-electron chi connectivity index (χ4n) is 3.97. The van der Waals surface area contributed by atoms with Crippen molar-refractivity contribution in [2.45, 2.75) is 19.6 Å².